The van der Waals surface area contributed by atoms with Gasteiger partial charge in [-0.05, 0) is 19.8 Å². The van der Waals surface area contributed by atoms with Crippen molar-refractivity contribution in [3.63, 3.8) is 0 Å². The van der Waals surface area contributed by atoms with E-state index in [2.05, 4.69) is 20.3 Å². The molecule has 0 bridgehead atoms. The third-order valence-electron chi connectivity index (χ3n) is 4.53. The van der Waals surface area contributed by atoms with Crippen LogP contribution >= 0.6 is 0 Å². The number of nitrogens with zero attached hydrogens (tertiary/aromatic N) is 5. The first kappa shape index (κ1) is 23.7. The molecule has 2 amide bonds. The number of aliphatic imine (C=N–C) groups is 1. The molecule has 1 aromatic rings. The summed E-state index contributed by atoms with van der Waals surface area (Å²) >= 11 is 0. The average Bonchev–Trinajstić information content (AvgIpc) is 2.76. The zero-order chi connectivity index (χ0) is 22.8. The molecule has 2 rings (SSSR count). The Kier molecular flexibility index (Phi) is 8.80. The molecular formula is C22H28N6O3. The monoisotopic (exact) mass is 424 g/mol. The zero-order valence-electron chi connectivity index (χ0n) is 18.3. The number of likely N-dealkylation sites (N-methyl/N-ethyl adjacent to an activating group) is 1. The number of nitrogens with one attached hydrogen (secondary N) is 1. The van der Waals surface area contributed by atoms with Crippen LogP contribution in [-0.2, 0) is 14.4 Å². The fourth-order valence-corrected chi connectivity index (χ4v) is 3.08. The third-order valence-corrected chi connectivity index (χ3v) is 4.53. The topological polar surface area (TPSA) is 108 Å². The van der Waals surface area contributed by atoms with Gasteiger partial charge in [-0.15, -0.1) is 0 Å². The maximum absolute atomic E-state index is 12.6. The highest BCUT2D eigenvalue weighted by molar-refractivity contribution is 6.09. The molecule has 1 aliphatic rings. The molecule has 1 aromatic heterocycles. The van der Waals surface area contributed by atoms with Crippen LogP contribution in [0, 0.1) is 0 Å². The summed E-state index contributed by atoms with van der Waals surface area (Å²) in [4.78, 5) is 52.2. The van der Waals surface area contributed by atoms with Gasteiger partial charge in [0.15, 0.2) is 5.82 Å². The second-order valence-electron chi connectivity index (χ2n) is 7.09. The van der Waals surface area contributed by atoms with E-state index in [1.54, 1.807) is 38.5 Å². The van der Waals surface area contributed by atoms with Crippen molar-refractivity contribution in [2.45, 2.75) is 19.8 Å². The Bertz CT molecular complexity index is 929. The van der Waals surface area contributed by atoms with Gasteiger partial charge >= 0.3 is 0 Å². The molecule has 1 N–H and O–H groups in total. The molecule has 0 atom stereocenters. The zero-order valence-corrected chi connectivity index (χ0v) is 18.3. The Morgan fingerprint density at radius 1 is 1.29 bits per heavy atom. The molecule has 0 saturated heterocycles. The van der Waals surface area contributed by atoms with E-state index in [1.807, 2.05) is 25.2 Å². The molecule has 0 spiro atoms. The lowest BCUT2D eigenvalue weighted by Crippen LogP contribution is -2.42. The van der Waals surface area contributed by atoms with Crippen LogP contribution in [-0.4, -0.2) is 78.3 Å². The van der Waals surface area contributed by atoms with Crippen LogP contribution in [0.4, 0.5) is 5.82 Å². The molecule has 0 aliphatic carbocycles. The molecule has 0 radical (unpaired) electrons. The van der Waals surface area contributed by atoms with Gasteiger partial charge in [-0.2, -0.15) is 0 Å². The lowest BCUT2D eigenvalue weighted by Gasteiger charge is -2.32. The van der Waals surface area contributed by atoms with Crippen molar-refractivity contribution in [3.8, 4) is 0 Å². The molecule has 164 valence electrons. The molecule has 0 fully saturated rings. The Hall–Kier alpha value is -3.62. The van der Waals surface area contributed by atoms with Gasteiger partial charge in [0, 0.05) is 45.0 Å². The van der Waals surface area contributed by atoms with Gasteiger partial charge in [-0.1, -0.05) is 18.2 Å². The first-order valence-electron chi connectivity index (χ1n) is 9.93. The van der Waals surface area contributed by atoms with Crippen LogP contribution < -0.4 is 5.32 Å². The Morgan fingerprint density at radius 3 is 2.65 bits per heavy atom. The van der Waals surface area contributed by atoms with Crippen molar-refractivity contribution in [1.29, 1.82) is 0 Å². The molecule has 0 saturated carbocycles. The van der Waals surface area contributed by atoms with Crippen molar-refractivity contribution >= 4 is 35.7 Å². The molecule has 1 aliphatic heterocycles. The van der Waals surface area contributed by atoms with Crippen LogP contribution in [0.3, 0.4) is 0 Å². The second-order valence-corrected chi connectivity index (χ2v) is 7.09. The number of hydrogen-bond donors (Lipinski definition) is 1. The van der Waals surface area contributed by atoms with Crippen LogP contribution in [0.2, 0.25) is 0 Å². The van der Waals surface area contributed by atoms with Gasteiger partial charge in [-0.25, -0.2) is 4.98 Å². The number of carbonyl (C=O) groups is 3. The van der Waals surface area contributed by atoms with Gasteiger partial charge in [-0.3, -0.25) is 24.4 Å². The van der Waals surface area contributed by atoms with Gasteiger partial charge in [0.1, 0.15) is 12.0 Å². The van der Waals surface area contributed by atoms with E-state index >= 15 is 0 Å². The number of rotatable bonds is 8. The Balaban J connectivity index is 2.13. The Morgan fingerprint density at radius 2 is 2.06 bits per heavy atom. The minimum atomic E-state index is -0.349. The molecular weight excluding hydrogens is 396 g/mol. The Labute approximate surface area is 182 Å². The van der Waals surface area contributed by atoms with Gasteiger partial charge < -0.3 is 15.1 Å². The van der Waals surface area contributed by atoms with Crippen LogP contribution in [0.1, 0.15) is 25.5 Å². The molecule has 31 heavy (non-hydrogen) atoms. The first-order valence-corrected chi connectivity index (χ1v) is 9.93. The minimum Gasteiger partial charge on any atom is -0.357 e. The SMILES string of the molecule is C/C=C/C=C(\C=NC)c1cnc(NC(=O)CN2CCCC(C=O)=C2C(=O)N(C)C)cn1. The number of carbonyl (C=O) groups excluding carboxylic acids is 3. The quantitative estimate of drug-likeness (QED) is 0.387. The standard InChI is InChI=1S/C22H28N6O3/c1-5-6-8-16(11-23-2)18-12-25-19(13-24-18)26-20(30)14-28-10-7-9-17(15-29)21(28)22(31)27(3)4/h5-6,8,11-13,15H,7,9-10,14H2,1-4H3,(H,25,26,30)/b6-5+,16-8+,23-11?. The van der Waals surface area contributed by atoms with Crippen molar-refractivity contribution < 1.29 is 14.4 Å². The smallest absolute Gasteiger partial charge is 0.270 e. The maximum Gasteiger partial charge on any atom is 0.270 e. The van der Waals surface area contributed by atoms with Crippen molar-refractivity contribution in [1.82, 2.24) is 19.8 Å². The fourth-order valence-electron chi connectivity index (χ4n) is 3.08. The van der Waals surface area contributed by atoms with Gasteiger partial charge in [0.2, 0.25) is 5.91 Å². The van der Waals surface area contributed by atoms with E-state index in [0.717, 1.165) is 5.57 Å². The third kappa shape index (κ3) is 6.43. The van der Waals surface area contributed by atoms with Crippen LogP contribution in [0.5, 0.6) is 0 Å². The predicted octanol–water partition coefficient (Wildman–Crippen LogP) is 1.71. The maximum atomic E-state index is 12.6. The molecule has 2 heterocycles. The van der Waals surface area contributed by atoms with Crippen molar-refractivity contribution in [3.05, 3.63) is 47.6 Å². The van der Waals surface area contributed by atoms with E-state index in [0.29, 0.717) is 42.8 Å². The lowest BCUT2D eigenvalue weighted by atomic mass is 10.0. The number of aldehydes is 1. The van der Waals surface area contributed by atoms with E-state index in [4.69, 9.17) is 0 Å². The highest BCUT2D eigenvalue weighted by Crippen LogP contribution is 2.22. The summed E-state index contributed by atoms with van der Waals surface area (Å²) in [5.74, 6) is -0.348. The lowest BCUT2D eigenvalue weighted by molar-refractivity contribution is -0.127. The largest absolute Gasteiger partial charge is 0.357 e. The van der Waals surface area contributed by atoms with Crippen molar-refractivity contribution in [2.75, 3.05) is 39.5 Å². The number of anilines is 1. The normalized spacial score (nSPS) is 15.0. The number of aromatic nitrogens is 2. The summed E-state index contributed by atoms with van der Waals surface area (Å²) in [7, 11) is 4.90. The first-order chi connectivity index (χ1) is 14.9. The van der Waals surface area contributed by atoms with Gasteiger partial charge in [0.25, 0.3) is 5.91 Å². The summed E-state index contributed by atoms with van der Waals surface area (Å²) < 4.78 is 0. The van der Waals surface area contributed by atoms with Crippen molar-refractivity contribution in [2.24, 2.45) is 4.99 Å². The molecule has 9 heteroatoms. The minimum absolute atomic E-state index is 0.0649. The van der Waals surface area contributed by atoms with E-state index in [1.165, 1.54) is 11.1 Å². The van der Waals surface area contributed by atoms with Crippen LogP contribution in [0.25, 0.3) is 5.57 Å². The average molecular weight is 425 g/mol. The summed E-state index contributed by atoms with van der Waals surface area (Å²) in [5, 5.41) is 2.69. The van der Waals surface area contributed by atoms with E-state index < -0.39 is 0 Å². The fraction of sp³-hybridized carbons (Fsp3) is 0.364. The van der Waals surface area contributed by atoms with Crippen LogP contribution in [0.15, 0.2) is 46.9 Å². The van der Waals surface area contributed by atoms with Gasteiger partial charge in [0.05, 0.1) is 24.6 Å². The molecule has 0 aromatic carbocycles. The van der Waals surface area contributed by atoms with E-state index in [-0.39, 0.29) is 24.1 Å². The highest BCUT2D eigenvalue weighted by atomic mass is 16.2. The molecule has 9 nitrogen and oxygen atoms in total. The molecule has 0 unspecified atom stereocenters. The number of allylic oxidation sites excluding steroid dienone is 5. The highest BCUT2D eigenvalue weighted by Gasteiger charge is 2.28. The number of hydrogen-bond acceptors (Lipinski definition) is 7. The second kappa shape index (κ2) is 11.5. The summed E-state index contributed by atoms with van der Waals surface area (Å²) in [5.41, 5.74) is 2.10. The van der Waals surface area contributed by atoms with E-state index in [9.17, 15) is 14.4 Å². The predicted molar refractivity (Wildman–Crippen MR) is 120 cm³/mol. The summed E-state index contributed by atoms with van der Waals surface area (Å²) in [6.07, 6.45) is 12.3. The summed E-state index contributed by atoms with van der Waals surface area (Å²) in [6.45, 7) is 2.36. The summed E-state index contributed by atoms with van der Waals surface area (Å²) in [6, 6.07) is 0. The number of amides is 2.